The largest absolute Gasteiger partial charge is 0.493 e. The first-order valence-electron chi connectivity index (χ1n) is 13.0. The standard InChI is InChI=1S/C30H31N3O7S/c1-6-13-40-29(35)26-19(4)31-30-32(28(34)25(41-30)16-20-8-7-9-22(15-20)33(36)37)27(26)21-10-11-23(24(17-21)38-5)39-14-12-18(2)3/h6-11,15-18,27H,1,12-14H2,2-5H3. The molecule has 1 unspecified atom stereocenters. The average Bonchev–Trinajstić information content (AvgIpc) is 3.24. The third-order valence-electron chi connectivity index (χ3n) is 6.41. The molecule has 1 aliphatic heterocycles. The quantitative estimate of drug-likeness (QED) is 0.144. The van der Waals surface area contributed by atoms with Gasteiger partial charge in [-0.05, 0) is 48.6 Å². The Bertz CT molecular complexity index is 1700. The molecule has 2 aromatic carbocycles. The number of allylic oxidation sites excluding steroid dienone is 1. The highest BCUT2D eigenvalue weighted by Crippen LogP contribution is 2.36. The van der Waals surface area contributed by atoms with Gasteiger partial charge in [-0.3, -0.25) is 19.5 Å². The smallest absolute Gasteiger partial charge is 0.338 e. The molecule has 41 heavy (non-hydrogen) atoms. The summed E-state index contributed by atoms with van der Waals surface area (Å²) in [7, 11) is 1.53. The average molecular weight is 578 g/mol. The number of nitro benzene ring substituents is 1. The Morgan fingerprint density at radius 2 is 2.02 bits per heavy atom. The molecule has 214 valence electrons. The van der Waals surface area contributed by atoms with Gasteiger partial charge in [0.05, 0.1) is 40.5 Å². The number of hydrogen-bond acceptors (Lipinski definition) is 9. The van der Waals surface area contributed by atoms with E-state index in [9.17, 15) is 19.7 Å². The number of esters is 1. The van der Waals surface area contributed by atoms with Gasteiger partial charge in [-0.15, -0.1) is 0 Å². The van der Waals surface area contributed by atoms with Gasteiger partial charge in [0, 0.05) is 12.1 Å². The summed E-state index contributed by atoms with van der Waals surface area (Å²) in [5.41, 5.74) is 1.21. The summed E-state index contributed by atoms with van der Waals surface area (Å²) >= 11 is 1.13. The highest BCUT2D eigenvalue weighted by Gasteiger charge is 2.34. The van der Waals surface area contributed by atoms with Crippen LogP contribution in [-0.4, -0.2) is 35.8 Å². The minimum Gasteiger partial charge on any atom is -0.493 e. The molecule has 11 heteroatoms. The number of ether oxygens (including phenoxy) is 3. The molecule has 1 atom stereocenters. The number of hydrogen-bond donors (Lipinski definition) is 0. The molecule has 2 heterocycles. The molecule has 1 aliphatic rings. The van der Waals surface area contributed by atoms with Crippen LogP contribution in [0.4, 0.5) is 5.69 Å². The summed E-state index contributed by atoms with van der Waals surface area (Å²) in [5.74, 6) is 0.852. The zero-order valence-electron chi connectivity index (χ0n) is 23.3. The number of carbonyl (C=O) groups is 1. The number of benzene rings is 2. The molecule has 3 aromatic rings. The first kappa shape index (κ1) is 29.5. The molecule has 10 nitrogen and oxygen atoms in total. The van der Waals surface area contributed by atoms with Crippen LogP contribution < -0.4 is 24.4 Å². The van der Waals surface area contributed by atoms with E-state index >= 15 is 0 Å². The van der Waals surface area contributed by atoms with E-state index in [0.29, 0.717) is 50.2 Å². The lowest BCUT2D eigenvalue weighted by Crippen LogP contribution is -2.40. The Balaban J connectivity index is 1.87. The van der Waals surface area contributed by atoms with Gasteiger partial charge >= 0.3 is 5.97 Å². The zero-order chi connectivity index (χ0) is 29.7. The maximum Gasteiger partial charge on any atom is 0.338 e. The van der Waals surface area contributed by atoms with Gasteiger partial charge in [-0.1, -0.05) is 56.0 Å². The van der Waals surface area contributed by atoms with Gasteiger partial charge in [0.1, 0.15) is 6.61 Å². The third kappa shape index (κ3) is 6.46. The van der Waals surface area contributed by atoms with E-state index in [-0.39, 0.29) is 17.9 Å². The molecule has 0 N–H and O–H groups in total. The minimum atomic E-state index is -0.866. The van der Waals surface area contributed by atoms with E-state index in [1.54, 1.807) is 43.3 Å². The Morgan fingerprint density at radius 3 is 2.71 bits per heavy atom. The number of nitro groups is 1. The van der Waals surface area contributed by atoms with E-state index in [2.05, 4.69) is 25.4 Å². The van der Waals surface area contributed by atoms with Gasteiger partial charge in [-0.2, -0.15) is 0 Å². The molecule has 0 saturated heterocycles. The second kappa shape index (κ2) is 12.8. The van der Waals surface area contributed by atoms with Gasteiger partial charge in [-0.25, -0.2) is 9.79 Å². The molecule has 0 aliphatic carbocycles. The molecule has 0 bridgehead atoms. The lowest BCUT2D eigenvalue weighted by molar-refractivity contribution is -0.384. The van der Waals surface area contributed by atoms with Crippen molar-refractivity contribution >= 4 is 29.1 Å². The van der Waals surface area contributed by atoms with Gasteiger partial charge < -0.3 is 14.2 Å². The molecular formula is C30H31N3O7S. The lowest BCUT2D eigenvalue weighted by Gasteiger charge is -2.25. The molecule has 0 amide bonds. The highest BCUT2D eigenvalue weighted by atomic mass is 32.1. The first-order valence-corrected chi connectivity index (χ1v) is 13.8. The van der Waals surface area contributed by atoms with Gasteiger partial charge in [0.15, 0.2) is 16.3 Å². The number of rotatable bonds is 11. The molecule has 0 saturated carbocycles. The van der Waals surface area contributed by atoms with E-state index in [1.807, 2.05) is 0 Å². The molecule has 0 radical (unpaired) electrons. The van der Waals surface area contributed by atoms with Gasteiger partial charge in [0.25, 0.3) is 11.2 Å². The fraction of sp³-hybridized carbons (Fsp3) is 0.300. The monoisotopic (exact) mass is 577 g/mol. The zero-order valence-corrected chi connectivity index (χ0v) is 24.1. The SMILES string of the molecule is C=CCOC(=O)C1=C(C)N=c2sc(=Cc3cccc([N+](=O)[O-])c3)c(=O)n2C1c1ccc(OCCC(C)C)c(OC)c1. The number of methoxy groups -OCH3 is 1. The van der Waals surface area contributed by atoms with Crippen molar-refractivity contribution in [2.45, 2.75) is 33.2 Å². The Morgan fingerprint density at radius 1 is 1.24 bits per heavy atom. The maximum atomic E-state index is 13.8. The summed E-state index contributed by atoms with van der Waals surface area (Å²) in [6.45, 7) is 10.0. The topological polar surface area (TPSA) is 122 Å². The minimum absolute atomic E-state index is 0.00844. The van der Waals surface area contributed by atoms with Crippen LogP contribution in [0.25, 0.3) is 6.08 Å². The molecule has 1 aromatic heterocycles. The lowest BCUT2D eigenvalue weighted by atomic mass is 9.95. The van der Waals surface area contributed by atoms with Crippen molar-refractivity contribution in [3.63, 3.8) is 0 Å². The maximum absolute atomic E-state index is 13.8. The van der Waals surface area contributed by atoms with Crippen LogP contribution in [0.2, 0.25) is 0 Å². The number of carbonyl (C=O) groups excluding carboxylic acids is 1. The van der Waals surface area contributed by atoms with E-state index in [1.165, 1.54) is 29.9 Å². The highest BCUT2D eigenvalue weighted by molar-refractivity contribution is 7.07. The third-order valence-corrected chi connectivity index (χ3v) is 7.39. The number of aromatic nitrogens is 1. The van der Waals surface area contributed by atoms with Crippen molar-refractivity contribution in [2.24, 2.45) is 10.9 Å². The number of non-ortho nitro benzene ring substituents is 1. The Labute approximate surface area is 240 Å². The second-order valence-electron chi connectivity index (χ2n) is 9.76. The summed E-state index contributed by atoms with van der Waals surface area (Å²) in [4.78, 5) is 42.8. The Kier molecular flexibility index (Phi) is 9.18. The van der Waals surface area contributed by atoms with Crippen molar-refractivity contribution in [3.8, 4) is 11.5 Å². The number of thiazole rings is 1. The molecule has 4 rings (SSSR count). The van der Waals surface area contributed by atoms with E-state index in [4.69, 9.17) is 14.2 Å². The van der Waals surface area contributed by atoms with E-state index in [0.717, 1.165) is 17.8 Å². The van der Waals surface area contributed by atoms with Crippen LogP contribution in [-0.2, 0) is 9.53 Å². The van der Waals surface area contributed by atoms with Crippen LogP contribution in [0, 0.1) is 16.0 Å². The number of fused-ring (bicyclic) bond motifs is 1. The second-order valence-corrected chi connectivity index (χ2v) is 10.8. The first-order chi connectivity index (χ1) is 19.6. The summed E-state index contributed by atoms with van der Waals surface area (Å²) in [6.07, 6.45) is 3.91. The van der Waals surface area contributed by atoms with Crippen LogP contribution in [0.5, 0.6) is 11.5 Å². The Hall–Kier alpha value is -4.51. The van der Waals surface area contributed by atoms with Crippen molar-refractivity contribution in [1.82, 2.24) is 4.57 Å². The van der Waals surface area contributed by atoms with Crippen molar-refractivity contribution in [3.05, 3.63) is 107 Å². The summed E-state index contributed by atoms with van der Waals surface area (Å²) in [5, 5.41) is 11.2. The van der Waals surface area contributed by atoms with Crippen LogP contribution in [0.15, 0.2) is 76.2 Å². The molecular weight excluding hydrogens is 546 g/mol. The fourth-order valence-corrected chi connectivity index (χ4v) is 5.41. The van der Waals surface area contributed by atoms with Crippen molar-refractivity contribution < 1.29 is 23.9 Å². The summed E-state index contributed by atoms with van der Waals surface area (Å²) < 4.78 is 18.7. The fourth-order valence-electron chi connectivity index (χ4n) is 4.37. The van der Waals surface area contributed by atoms with Crippen LogP contribution in [0.3, 0.4) is 0 Å². The molecule has 0 fully saturated rings. The van der Waals surface area contributed by atoms with Crippen molar-refractivity contribution in [1.29, 1.82) is 0 Å². The normalized spacial score (nSPS) is 14.9. The van der Waals surface area contributed by atoms with Crippen LogP contribution in [0.1, 0.15) is 44.4 Å². The molecule has 0 spiro atoms. The predicted molar refractivity (Wildman–Crippen MR) is 156 cm³/mol. The van der Waals surface area contributed by atoms with Crippen molar-refractivity contribution in [2.75, 3.05) is 20.3 Å². The summed E-state index contributed by atoms with van der Waals surface area (Å²) in [6, 6.07) is 10.4. The van der Waals surface area contributed by atoms with E-state index < -0.39 is 22.5 Å². The van der Waals surface area contributed by atoms with Crippen LogP contribution >= 0.6 is 11.3 Å². The number of nitrogens with zero attached hydrogens (tertiary/aromatic N) is 3. The predicted octanol–water partition coefficient (Wildman–Crippen LogP) is 4.31. The van der Waals surface area contributed by atoms with Gasteiger partial charge in [0.2, 0.25) is 0 Å².